The van der Waals surface area contributed by atoms with Crippen LogP contribution in [-0.2, 0) is 9.47 Å². The van der Waals surface area contributed by atoms with Crippen LogP contribution in [0.5, 0.6) is 0 Å². The van der Waals surface area contributed by atoms with Crippen LogP contribution >= 0.6 is 0 Å². The summed E-state index contributed by atoms with van der Waals surface area (Å²) in [5.41, 5.74) is 5.84. The van der Waals surface area contributed by atoms with E-state index in [-0.39, 0.29) is 5.69 Å². The van der Waals surface area contributed by atoms with Gasteiger partial charge in [0.2, 0.25) is 0 Å². The Morgan fingerprint density at radius 2 is 1.86 bits per heavy atom. The number of rotatable bonds is 2. The standard InChI is InChI=1S/C8H9NO4Se/c1-12-7(10)5-3-4(9)6(14-5)8(11)13-2/h3H,9H2,1-2H3. The van der Waals surface area contributed by atoms with E-state index >= 15 is 0 Å². The number of ether oxygens (including phenoxy) is 2. The van der Waals surface area contributed by atoms with Crippen molar-refractivity contribution in [1.82, 2.24) is 0 Å². The van der Waals surface area contributed by atoms with Crippen molar-refractivity contribution in [2.75, 3.05) is 20.0 Å². The number of methoxy groups -OCH3 is 2. The summed E-state index contributed by atoms with van der Waals surface area (Å²) in [7, 11) is 2.56. The Hall–Kier alpha value is -1.26. The number of hydrogen-bond donors (Lipinski definition) is 1. The first-order chi connectivity index (χ1) is 6.60. The zero-order valence-electron chi connectivity index (χ0n) is 7.70. The average Bonchev–Trinajstić information content (AvgIpc) is 2.58. The van der Waals surface area contributed by atoms with E-state index in [0.717, 1.165) is 0 Å². The Morgan fingerprint density at radius 3 is 2.36 bits per heavy atom. The molecule has 0 radical (unpaired) electrons. The van der Waals surface area contributed by atoms with Gasteiger partial charge in [-0.25, -0.2) is 0 Å². The van der Waals surface area contributed by atoms with Crippen molar-refractivity contribution < 1.29 is 19.1 Å². The average molecular weight is 262 g/mol. The van der Waals surface area contributed by atoms with Crippen molar-refractivity contribution in [3.05, 3.63) is 14.9 Å². The van der Waals surface area contributed by atoms with Crippen LogP contribution in [0.15, 0.2) is 6.07 Å². The van der Waals surface area contributed by atoms with Gasteiger partial charge in [-0.2, -0.15) is 0 Å². The first-order valence-corrected chi connectivity index (χ1v) is 5.37. The van der Waals surface area contributed by atoms with Crippen LogP contribution in [0.1, 0.15) is 18.5 Å². The van der Waals surface area contributed by atoms with Gasteiger partial charge in [-0.15, -0.1) is 0 Å². The number of anilines is 1. The number of nitrogens with two attached hydrogens (primary N) is 1. The Kier molecular flexibility index (Phi) is 3.32. The number of hydrogen-bond acceptors (Lipinski definition) is 5. The van der Waals surface area contributed by atoms with Crippen molar-refractivity contribution >= 4 is 32.1 Å². The zero-order valence-corrected chi connectivity index (χ0v) is 9.41. The molecule has 2 N–H and O–H groups in total. The van der Waals surface area contributed by atoms with E-state index in [1.807, 2.05) is 0 Å². The van der Waals surface area contributed by atoms with Gasteiger partial charge in [0.1, 0.15) is 0 Å². The van der Waals surface area contributed by atoms with Crippen molar-refractivity contribution in [2.45, 2.75) is 0 Å². The molecule has 0 fully saturated rings. The van der Waals surface area contributed by atoms with Gasteiger partial charge < -0.3 is 0 Å². The molecular weight excluding hydrogens is 253 g/mol. The maximum absolute atomic E-state index is 11.2. The second kappa shape index (κ2) is 4.30. The van der Waals surface area contributed by atoms with E-state index in [4.69, 9.17) is 5.73 Å². The number of nitrogen functional groups attached to an aromatic ring is 1. The summed E-state index contributed by atoms with van der Waals surface area (Å²) in [6.45, 7) is 0. The van der Waals surface area contributed by atoms with Crippen molar-refractivity contribution in [3.63, 3.8) is 0 Å². The molecule has 1 rings (SSSR count). The van der Waals surface area contributed by atoms with E-state index in [9.17, 15) is 9.59 Å². The molecule has 1 heterocycles. The summed E-state index contributed by atoms with van der Waals surface area (Å²) in [4.78, 5) is 22.3. The van der Waals surface area contributed by atoms with E-state index in [1.54, 1.807) is 0 Å². The van der Waals surface area contributed by atoms with E-state index in [0.29, 0.717) is 8.87 Å². The molecule has 0 amide bonds. The number of esters is 2. The van der Waals surface area contributed by atoms with Crippen LogP contribution < -0.4 is 5.73 Å². The van der Waals surface area contributed by atoms with Gasteiger partial charge >= 0.3 is 86.1 Å². The van der Waals surface area contributed by atoms with Gasteiger partial charge in [-0.1, -0.05) is 0 Å². The fraction of sp³-hybridized carbons (Fsp3) is 0.250. The molecule has 1 aromatic heterocycles. The monoisotopic (exact) mass is 263 g/mol. The van der Waals surface area contributed by atoms with Gasteiger partial charge in [0, 0.05) is 0 Å². The predicted octanol–water partition coefficient (Wildman–Crippen LogP) is -0.101. The fourth-order valence-corrected chi connectivity index (χ4v) is 2.78. The van der Waals surface area contributed by atoms with E-state index in [2.05, 4.69) is 9.47 Å². The van der Waals surface area contributed by atoms with Gasteiger partial charge in [-0.05, 0) is 0 Å². The molecule has 6 heteroatoms. The summed E-state index contributed by atoms with van der Waals surface area (Å²) in [6, 6.07) is 1.46. The third-order valence-electron chi connectivity index (χ3n) is 1.52. The quantitative estimate of drug-likeness (QED) is 0.594. The zero-order chi connectivity index (χ0) is 10.7. The minimum absolute atomic E-state index is 0.289. The molecule has 0 atom stereocenters. The van der Waals surface area contributed by atoms with Gasteiger partial charge in [-0.3, -0.25) is 0 Å². The molecule has 0 unspecified atom stereocenters. The summed E-state index contributed by atoms with van der Waals surface area (Å²) < 4.78 is 9.83. The summed E-state index contributed by atoms with van der Waals surface area (Å²) in [5.74, 6) is -0.940. The summed E-state index contributed by atoms with van der Waals surface area (Å²) in [6.07, 6.45) is 0. The molecule has 76 valence electrons. The molecule has 0 spiro atoms. The topological polar surface area (TPSA) is 78.6 Å². The molecule has 0 aromatic carbocycles. The Bertz CT molecular complexity index is 371. The normalized spacial score (nSPS) is 9.57. The van der Waals surface area contributed by atoms with Crippen LogP contribution in [0.4, 0.5) is 5.69 Å². The summed E-state index contributed by atoms with van der Waals surface area (Å²) >= 11 is -0.412. The van der Waals surface area contributed by atoms with Crippen LogP contribution in [0.25, 0.3) is 0 Å². The van der Waals surface area contributed by atoms with Crippen LogP contribution in [-0.4, -0.2) is 40.7 Å². The molecule has 0 bridgehead atoms. The third-order valence-corrected chi connectivity index (χ3v) is 3.85. The Morgan fingerprint density at radius 1 is 1.29 bits per heavy atom. The summed E-state index contributed by atoms with van der Waals surface area (Å²) in [5, 5.41) is 0. The van der Waals surface area contributed by atoms with Crippen molar-refractivity contribution in [1.29, 1.82) is 0 Å². The predicted molar refractivity (Wildman–Crippen MR) is 50.5 cm³/mol. The van der Waals surface area contributed by atoms with Crippen molar-refractivity contribution in [2.24, 2.45) is 0 Å². The van der Waals surface area contributed by atoms with Crippen LogP contribution in [0.2, 0.25) is 0 Å². The molecule has 0 aliphatic carbocycles. The Labute approximate surface area is 86.5 Å². The minimum atomic E-state index is -0.488. The molecule has 14 heavy (non-hydrogen) atoms. The van der Waals surface area contributed by atoms with Gasteiger partial charge in [0.25, 0.3) is 0 Å². The SMILES string of the molecule is COC(=O)c1cc(N)c(C(=O)OC)[se]1. The molecule has 0 aliphatic heterocycles. The molecule has 0 saturated heterocycles. The first-order valence-electron chi connectivity index (χ1n) is 3.66. The number of carbonyl (C=O) groups is 2. The molecular formula is C8H9NO4Se. The first kappa shape index (κ1) is 10.8. The number of carbonyl (C=O) groups excluding carboxylic acids is 2. The third kappa shape index (κ3) is 1.97. The van der Waals surface area contributed by atoms with Crippen LogP contribution in [0.3, 0.4) is 0 Å². The molecule has 0 aliphatic rings. The maximum atomic E-state index is 11.2. The fourth-order valence-electron chi connectivity index (χ4n) is 0.859. The molecule has 1 aromatic rings. The van der Waals surface area contributed by atoms with Gasteiger partial charge in [0.15, 0.2) is 0 Å². The molecule has 5 nitrogen and oxygen atoms in total. The van der Waals surface area contributed by atoms with Crippen molar-refractivity contribution in [3.8, 4) is 0 Å². The van der Waals surface area contributed by atoms with Gasteiger partial charge in [0.05, 0.1) is 0 Å². The Balaban J connectivity index is 3.05. The second-order valence-electron chi connectivity index (χ2n) is 2.38. The van der Waals surface area contributed by atoms with E-state index < -0.39 is 26.4 Å². The van der Waals surface area contributed by atoms with Crippen LogP contribution in [0, 0.1) is 0 Å². The molecule has 0 saturated carbocycles. The second-order valence-corrected chi connectivity index (χ2v) is 4.59. The van der Waals surface area contributed by atoms with E-state index in [1.165, 1.54) is 20.3 Å².